The Morgan fingerprint density at radius 3 is 2.30 bits per heavy atom. The molecule has 0 atom stereocenters. The second kappa shape index (κ2) is 7.37. The highest BCUT2D eigenvalue weighted by Gasteiger charge is 2.16. The highest BCUT2D eigenvalue weighted by Crippen LogP contribution is 2.25. The van der Waals surface area contributed by atoms with Crippen molar-refractivity contribution in [2.45, 2.75) is 24.8 Å². The molecule has 0 radical (unpaired) electrons. The van der Waals surface area contributed by atoms with Gasteiger partial charge in [0.25, 0.3) is 5.56 Å². The van der Waals surface area contributed by atoms with E-state index in [1.54, 1.807) is 16.3 Å². The number of hydrogen-bond donors (Lipinski definition) is 0. The summed E-state index contributed by atoms with van der Waals surface area (Å²) in [5.41, 5.74) is 4.20. The number of hydrogen-bond acceptors (Lipinski definition) is 4. The van der Waals surface area contributed by atoms with E-state index in [2.05, 4.69) is 17.1 Å². The Morgan fingerprint density at radius 1 is 0.926 bits per heavy atom. The van der Waals surface area contributed by atoms with Gasteiger partial charge in [-0.3, -0.25) is 9.36 Å². The summed E-state index contributed by atoms with van der Waals surface area (Å²) >= 11 is 1.55. The lowest BCUT2D eigenvalue weighted by Gasteiger charge is -2.14. The molecule has 0 aliphatic rings. The normalized spacial score (nSPS) is 11.0. The summed E-state index contributed by atoms with van der Waals surface area (Å²) in [5, 5.41) is 1.23. The minimum absolute atomic E-state index is 0.0771. The van der Waals surface area contributed by atoms with E-state index in [0.29, 0.717) is 16.2 Å². The standard InChI is InChI=1S/C22H19N3OS/c1-15-13-16(2)23-20-19(15)21(26)25(18-11-7-4-8-12-18)22(24-20)27-14-17-9-5-3-6-10-17/h3-13H,14H2,1-2H3. The maximum absolute atomic E-state index is 13.4. The fourth-order valence-electron chi connectivity index (χ4n) is 3.13. The third-order valence-corrected chi connectivity index (χ3v) is 5.37. The van der Waals surface area contributed by atoms with Gasteiger partial charge >= 0.3 is 0 Å². The molecule has 0 aliphatic heterocycles. The van der Waals surface area contributed by atoms with Gasteiger partial charge in [0.1, 0.15) is 0 Å². The molecule has 0 unspecified atom stereocenters. The molecule has 0 saturated heterocycles. The Labute approximate surface area is 161 Å². The van der Waals surface area contributed by atoms with Crippen LogP contribution < -0.4 is 5.56 Å². The van der Waals surface area contributed by atoms with Gasteiger partial charge in [0.15, 0.2) is 10.8 Å². The summed E-state index contributed by atoms with van der Waals surface area (Å²) in [6.45, 7) is 3.86. The Balaban J connectivity index is 1.91. The molecule has 27 heavy (non-hydrogen) atoms. The summed E-state index contributed by atoms with van der Waals surface area (Å²) < 4.78 is 1.69. The van der Waals surface area contributed by atoms with Crippen molar-refractivity contribution < 1.29 is 0 Å². The van der Waals surface area contributed by atoms with Gasteiger partial charge in [0.2, 0.25) is 0 Å². The van der Waals surface area contributed by atoms with Gasteiger partial charge in [-0.1, -0.05) is 60.3 Å². The Kier molecular flexibility index (Phi) is 4.77. The molecule has 4 nitrogen and oxygen atoms in total. The van der Waals surface area contributed by atoms with Crippen LogP contribution in [0.3, 0.4) is 0 Å². The summed E-state index contributed by atoms with van der Waals surface area (Å²) in [7, 11) is 0. The molecule has 0 fully saturated rings. The molecule has 2 aromatic heterocycles. The number of benzene rings is 2. The van der Waals surface area contributed by atoms with Crippen molar-refractivity contribution >= 4 is 22.8 Å². The summed E-state index contributed by atoms with van der Waals surface area (Å²) in [5.74, 6) is 0.733. The summed E-state index contributed by atoms with van der Waals surface area (Å²) in [4.78, 5) is 22.6. The SMILES string of the molecule is Cc1cc(C)c2c(=O)n(-c3ccccc3)c(SCc3ccccc3)nc2n1. The second-order valence-corrected chi connectivity index (χ2v) is 7.37. The Morgan fingerprint density at radius 2 is 1.59 bits per heavy atom. The third kappa shape index (κ3) is 3.51. The zero-order chi connectivity index (χ0) is 18.8. The van der Waals surface area contributed by atoms with E-state index in [0.717, 1.165) is 22.7 Å². The average Bonchev–Trinajstić information content (AvgIpc) is 2.67. The van der Waals surface area contributed by atoms with Crippen LogP contribution in [0.1, 0.15) is 16.8 Å². The highest BCUT2D eigenvalue weighted by molar-refractivity contribution is 7.98. The average molecular weight is 373 g/mol. The fraction of sp³-hybridized carbons (Fsp3) is 0.136. The van der Waals surface area contributed by atoms with E-state index in [-0.39, 0.29) is 5.56 Å². The molecule has 5 heteroatoms. The monoisotopic (exact) mass is 373 g/mol. The maximum atomic E-state index is 13.4. The molecule has 0 bridgehead atoms. The first-order valence-corrected chi connectivity index (χ1v) is 9.75. The first-order valence-electron chi connectivity index (χ1n) is 8.76. The zero-order valence-electron chi connectivity index (χ0n) is 15.2. The predicted molar refractivity (Wildman–Crippen MR) is 111 cm³/mol. The van der Waals surface area contributed by atoms with Crippen LogP contribution in [0.4, 0.5) is 0 Å². The van der Waals surface area contributed by atoms with E-state index in [9.17, 15) is 4.79 Å². The largest absolute Gasteiger partial charge is 0.268 e. The smallest absolute Gasteiger partial charge is 0.268 e. The van der Waals surface area contributed by atoms with Crippen molar-refractivity contribution in [1.29, 1.82) is 0 Å². The molecule has 0 amide bonds. The molecule has 4 rings (SSSR count). The van der Waals surface area contributed by atoms with E-state index >= 15 is 0 Å². The van der Waals surface area contributed by atoms with Crippen LogP contribution in [-0.2, 0) is 5.75 Å². The van der Waals surface area contributed by atoms with Gasteiger partial charge in [0, 0.05) is 11.4 Å². The fourth-order valence-corrected chi connectivity index (χ4v) is 4.08. The minimum Gasteiger partial charge on any atom is -0.268 e. The van der Waals surface area contributed by atoms with Crippen LogP contribution in [-0.4, -0.2) is 14.5 Å². The first-order chi connectivity index (χ1) is 13.1. The van der Waals surface area contributed by atoms with Crippen molar-refractivity contribution in [3.8, 4) is 5.69 Å². The number of fused-ring (bicyclic) bond motifs is 1. The topological polar surface area (TPSA) is 47.8 Å². The van der Waals surface area contributed by atoms with E-state index in [1.165, 1.54) is 5.56 Å². The molecule has 2 heterocycles. The van der Waals surface area contributed by atoms with E-state index < -0.39 is 0 Å². The van der Waals surface area contributed by atoms with Crippen molar-refractivity contribution in [2.24, 2.45) is 0 Å². The lowest BCUT2D eigenvalue weighted by Crippen LogP contribution is -2.23. The summed E-state index contributed by atoms with van der Waals surface area (Å²) in [6, 6.07) is 21.8. The van der Waals surface area contributed by atoms with Crippen LogP contribution in [0.5, 0.6) is 0 Å². The van der Waals surface area contributed by atoms with Gasteiger partial charge in [-0.15, -0.1) is 0 Å². The van der Waals surface area contributed by atoms with Gasteiger partial charge in [-0.05, 0) is 43.2 Å². The van der Waals surface area contributed by atoms with Gasteiger partial charge < -0.3 is 0 Å². The number of aryl methyl sites for hydroxylation is 2. The molecule has 4 aromatic rings. The zero-order valence-corrected chi connectivity index (χ0v) is 16.0. The number of thioether (sulfide) groups is 1. The molecule has 0 saturated carbocycles. The summed E-state index contributed by atoms with van der Waals surface area (Å²) in [6.07, 6.45) is 0. The number of para-hydroxylation sites is 1. The van der Waals surface area contributed by atoms with Crippen LogP contribution >= 0.6 is 11.8 Å². The van der Waals surface area contributed by atoms with E-state index in [1.807, 2.05) is 68.4 Å². The number of pyridine rings is 1. The minimum atomic E-state index is -0.0771. The van der Waals surface area contributed by atoms with Crippen molar-refractivity contribution in [2.75, 3.05) is 0 Å². The highest BCUT2D eigenvalue weighted by atomic mass is 32.2. The number of rotatable bonds is 4. The van der Waals surface area contributed by atoms with Gasteiger partial charge in [-0.2, -0.15) is 0 Å². The van der Waals surface area contributed by atoms with Crippen LogP contribution in [0, 0.1) is 13.8 Å². The number of nitrogens with zero attached hydrogens (tertiary/aromatic N) is 3. The quantitative estimate of drug-likeness (QED) is 0.385. The van der Waals surface area contributed by atoms with Gasteiger partial charge in [0.05, 0.1) is 11.1 Å². The van der Waals surface area contributed by atoms with Crippen LogP contribution in [0.15, 0.2) is 76.7 Å². The predicted octanol–water partition coefficient (Wildman–Crippen LogP) is 4.69. The Bertz CT molecular complexity index is 1160. The first kappa shape index (κ1) is 17.5. The maximum Gasteiger partial charge on any atom is 0.268 e. The molecular formula is C22H19N3OS. The third-order valence-electron chi connectivity index (χ3n) is 4.36. The lowest BCUT2D eigenvalue weighted by molar-refractivity contribution is 0.812. The van der Waals surface area contributed by atoms with E-state index in [4.69, 9.17) is 4.98 Å². The van der Waals surface area contributed by atoms with Crippen molar-refractivity contribution in [3.63, 3.8) is 0 Å². The molecule has 0 aliphatic carbocycles. The number of aromatic nitrogens is 3. The molecule has 2 aromatic carbocycles. The lowest BCUT2D eigenvalue weighted by atomic mass is 10.2. The van der Waals surface area contributed by atoms with Crippen molar-refractivity contribution in [3.05, 3.63) is 93.9 Å². The molecular weight excluding hydrogens is 354 g/mol. The van der Waals surface area contributed by atoms with Crippen molar-refractivity contribution in [1.82, 2.24) is 14.5 Å². The molecule has 134 valence electrons. The van der Waals surface area contributed by atoms with Gasteiger partial charge in [-0.25, -0.2) is 9.97 Å². The Hall–Kier alpha value is -2.92. The molecule has 0 N–H and O–H groups in total. The van der Waals surface area contributed by atoms with Crippen LogP contribution in [0.2, 0.25) is 0 Å². The molecule has 0 spiro atoms. The second-order valence-electron chi connectivity index (χ2n) is 6.42. The van der Waals surface area contributed by atoms with Crippen LogP contribution in [0.25, 0.3) is 16.7 Å².